The molecule has 10 nitrogen and oxygen atoms in total. The van der Waals surface area contributed by atoms with Crippen LogP contribution in [0.1, 0.15) is 35.9 Å². The van der Waals surface area contributed by atoms with Gasteiger partial charge in [-0.2, -0.15) is 18.3 Å². The van der Waals surface area contributed by atoms with Crippen molar-refractivity contribution in [3.8, 4) is 17.3 Å². The maximum atomic E-state index is 15.0. The van der Waals surface area contributed by atoms with Crippen molar-refractivity contribution < 1.29 is 27.1 Å². The average Bonchev–Trinajstić information content (AvgIpc) is 3.47. The van der Waals surface area contributed by atoms with Crippen molar-refractivity contribution in [3.05, 3.63) is 87.6 Å². The molecule has 15 heteroatoms. The number of imidazole rings is 1. The molecule has 40 heavy (non-hydrogen) atoms. The van der Waals surface area contributed by atoms with E-state index in [1.807, 2.05) is 0 Å². The van der Waals surface area contributed by atoms with Gasteiger partial charge in [-0.25, -0.2) is 23.8 Å². The van der Waals surface area contributed by atoms with E-state index in [-0.39, 0.29) is 39.7 Å². The first-order valence-corrected chi connectivity index (χ1v) is 12.0. The van der Waals surface area contributed by atoms with Gasteiger partial charge in [0.15, 0.2) is 34.5 Å². The van der Waals surface area contributed by atoms with Gasteiger partial charge in [-0.05, 0) is 32.0 Å². The summed E-state index contributed by atoms with van der Waals surface area (Å²) in [6.07, 6.45) is -1.68. The van der Waals surface area contributed by atoms with Gasteiger partial charge in [0.25, 0.3) is 5.91 Å². The Kier molecular flexibility index (Phi) is 6.79. The third kappa shape index (κ3) is 5.00. The molecular weight excluding hydrogens is 558 g/mol. The molecule has 0 spiro atoms. The lowest BCUT2D eigenvalue weighted by Crippen LogP contribution is -2.21. The summed E-state index contributed by atoms with van der Waals surface area (Å²) in [4.78, 5) is 35.7. The van der Waals surface area contributed by atoms with Gasteiger partial charge in [-0.1, -0.05) is 11.6 Å². The smallest absolute Gasteiger partial charge is 0.434 e. The van der Waals surface area contributed by atoms with E-state index in [0.717, 1.165) is 18.3 Å². The summed E-state index contributed by atoms with van der Waals surface area (Å²) in [5.74, 6) is -2.47. The van der Waals surface area contributed by atoms with E-state index in [1.165, 1.54) is 41.2 Å². The molecule has 0 aliphatic heterocycles. The Morgan fingerprint density at radius 2 is 1.85 bits per heavy atom. The largest absolute Gasteiger partial charge is 0.452 e. The fraction of sp³-hybridized carbons (Fsp3) is 0.160. The zero-order chi connectivity index (χ0) is 28.8. The second-order valence-corrected chi connectivity index (χ2v) is 9.19. The number of fused-ring (bicyclic) bond motifs is 1. The molecule has 0 bridgehead atoms. The lowest BCUT2D eigenvalue weighted by atomic mass is 10.2. The Balaban J connectivity index is 1.43. The van der Waals surface area contributed by atoms with Crippen LogP contribution in [-0.2, 0) is 6.18 Å². The fourth-order valence-electron chi connectivity index (χ4n) is 4.05. The number of rotatable bonds is 6. The number of anilines is 1. The van der Waals surface area contributed by atoms with Crippen molar-refractivity contribution in [2.24, 2.45) is 0 Å². The first kappa shape index (κ1) is 26.9. The molecule has 0 aliphatic carbocycles. The number of halogens is 5. The summed E-state index contributed by atoms with van der Waals surface area (Å²) < 4.78 is 64.4. The van der Waals surface area contributed by atoms with Crippen LogP contribution in [0.25, 0.3) is 17.0 Å². The monoisotopic (exact) mass is 575 g/mol. The molecule has 4 aromatic heterocycles. The van der Waals surface area contributed by atoms with Crippen LogP contribution in [0.3, 0.4) is 0 Å². The maximum Gasteiger partial charge on any atom is 0.434 e. The summed E-state index contributed by atoms with van der Waals surface area (Å²) >= 11 is 5.86. The number of nitrogens with one attached hydrogen (secondary N) is 2. The maximum absolute atomic E-state index is 15.0. The van der Waals surface area contributed by atoms with Crippen LogP contribution in [0.2, 0.25) is 5.02 Å². The summed E-state index contributed by atoms with van der Waals surface area (Å²) in [6.45, 7) is 3.56. The molecule has 0 saturated carbocycles. The first-order chi connectivity index (χ1) is 18.9. The minimum absolute atomic E-state index is 0.119. The number of amides is 1. The van der Waals surface area contributed by atoms with Gasteiger partial charge in [0.1, 0.15) is 5.52 Å². The molecular formula is C25H18ClF4N7O3. The summed E-state index contributed by atoms with van der Waals surface area (Å²) in [6, 6.07) is 7.04. The molecule has 5 rings (SSSR count). The van der Waals surface area contributed by atoms with Gasteiger partial charge < -0.3 is 10.1 Å². The van der Waals surface area contributed by atoms with Crippen molar-refractivity contribution in [1.29, 1.82) is 0 Å². The van der Waals surface area contributed by atoms with Crippen molar-refractivity contribution in [1.82, 2.24) is 29.3 Å². The second kappa shape index (κ2) is 10.1. The van der Waals surface area contributed by atoms with E-state index in [4.69, 9.17) is 16.3 Å². The molecule has 0 unspecified atom stereocenters. The normalized spacial score (nSPS) is 11.8. The number of hydrogen-bond acceptors (Lipinski definition) is 6. The van der Waals surface area contributed by atoms with Crippen molar-refractivity contribution in [2.75, 3.05) is 5.32 Å². The number of ether oxygens (including phenoxy) is 1. The van der Waals surface area contributed by atoms with Gasteiger partial charge in [0.2, 0.25) is 0 Å². The van der Waals surface area contributed by atoms with Crippen LogP contribution >= 0.6 is 11.6 Å². The summed E-state index contributed by atoms with van der Waals surface area (Å²) in [5, 5.41) is 6.03. The Bertz CT molecular complexity index is 1810. The van der Waals surface area contributed by atoms with Gasteiger partial charge in [-0.3, -0.25) is 14.3 Å². The number of pyridine rings is 2. The van der Waals surface area contributed by atoms with E-state index < -0.39 is 34.8 Å². The summed E-state index contributed by atoms with van der Waals surface area (Å²) in [7, 11) is 0. The molecule has 0 radical (unpaired) electrons. The molecule has 2 N–H and O–H groups in total. The molecule has 206 valence electrons. The van der Waals surface area contributed by atoms with Crippen LogP contribution in [0.15, 0.2) is 59.8 Å². The topological polar surface area (TPSA) is 120 Å². The number of carbonyl (C=O) groups excluding carboxylic acids is 1. The molecule has 5 aromatic rings. The Morgan fingerprint density at radius 1 is 1.10 bits per heavy atom. The van der Waals surface area contributed by atoms with E-state index in [0.29, 0.717) is 10.2 Å². The van der Waals surface area contributed by atoms with Crippen molar-refractivity contribution >= 4 is 34.4 Å². The molecule has 1 aromatic carbocycles. The highest BCUT2D eigenvalue weighted by atomic mass is 35.5. The molecule has 1 amide bonds. The fourth-order valence-corrected chi connectivity index (χ4v) is 4.20. The molecule has 0 aliphatic rings. The molecule has 0 fully saturated rings. The van der Waals surface area contributed by atoms with Crippen LogP contribution in [0.4, 0.5) is 23.2 Å². The number of carbonyl (C=O) groups is 1. The Morgan fingerprint density at radius 3 is 2.52 bits per heavy atom. The van der Waals surface area contributed by atoms with Crippen molar-refractivity contribution in [2.45, 2.75) is 26.1 Å². The SMILES string of the molecule is CC(C)n1c(=O)[nH]c2nccc(Oc3ccc(NC(=O)c4cnn(-c5cc(Cl)ccn5)c4C(F)(F)F)cc3F)c21. The first-order valence-electron chi connectivity index (χ1n) is 11.6. The zero-order valence-electron chi connectivity index (χ0n) is 20.6. The lowest BCUT2D eigenvalue weighted by molar-refractivity contribution is -0.143. The quantitative estimate of drug-likeness (QED) is 0.249. The van der Waals surface area contributed by atoms with Crippen LogP contribution in [0.5, 0.6) is 11.5 Å². The number of hydrogen-bond donors (Lipinski definition) is 2. The zero-order valence-corrected chi connectivity index (χ0v) is 21.4. The predicted octanol–water partition coefficient (Wildman–Crippen LogP) is 5.74. The van der Waals surface area contributed by atoms with Gasteiger partial charge in [0.05, 0.1) is 11.8 Å². The Labute approximate surface area is 227 Å². The van der Waals surface area contributed by atoms with E-state index in [9.17, 15) is 27.2 Å². The molecule has 0 saturated heterocycles. The third-order valence-electron chi connectivity index (χ3n) is 5.71. The minimum Gasteiger partial charge on any atom is -0.452 e. The number of H-pyrrole nitrogens is 1. The van der Waals surface area contributed by atoms with Crippen LogP contribution < -0.4 is 15.7 Å². The predicted molar refractivity (Wildman–Crippen MR) is 137 cm³/mol. The second-order valence-electron chi connectivity index (χ2n) is 8.75. The number of nitrogens with zero attached hydrogens (tertiary/aromatic N) is 5. The Hall–Kier alpha value is -4.72. The average molecular weight is 576 g/mol. The lowest BCUT2D eigenvalue weighted by Gasteiger charge is -2.14. The van der Waals surface area contributed by atoms with Crippen LogP contribution in [0, 0.1) is 5.82 Å². The minimum atomic E-state index is -4.99. The number of aromatic nitrogens is 6. The molecule has 0 atom stereocenters. The highest BCUT2D eigenvalue weighted by Gasteiger charge is 2.41. The standard InChI is InChI=1S/C25H18ClF4N7O3/c1-12(2)36-20-18(6-8-32-22(20)35-24(36)39)40-17-4-3-14(10-16(17)27)34-23(38)15-11-33-37(21(15)25(28,29)30)19-9-13(26)5-7-31-19/h3-12H,1-2H3,(H,34,38)(H,32,35,39). The van der Waals surface area contributed by atoms with Gasteiger partial charge in [0, 0.05) is 47.3 Å². The van der Waals surface area contributed by atoms with Gasteiger partial charge in [-0.15, -0.1) is 0 Å². The highest BCUT2D eigenvalue weighted by Crippen LogP contribution is 2.35. The third-order valence-corrected chi connectivity index (χ3v) is 5.94. The number of aromatic amines is 1. The van der Waals surface area contributed by atoms with E-state index in [1.54, 1.807) is 13.8 Å². The van der Waals surface area contributed by atoms with Gasteiger partial charge >= 0.3 is 11.9 Å². The molecule has 4 heterocycles. The van der Waals surface area contributed by atoms with E-state index in [2.05, 4.69) is 25.4 Å². The van der Waals surface area contributed by atoms with Crippen LogP contribution in [-0.4, -0.2) is 35.2 Å². The highest BCUT2D eigenvalue weighted by molar-refractivity contribution is 6.30. The van der Waals surface area contributed by atoms with E-state index >= 15 is 0 Å². The summed E-state index contributed by atoms with van der Waals surface area (Å²) in [5.41, 5.74) is -2.19. The van der Waals surface area contributed by atoms with Crippen molar-refractivity contribution in [3.63, 3.8) is 0 Å². The number of alkyl halides is 3. The number of benzene rings is 1.